The first-order chi connectivity index (χ1) is 7.66. The molecular weight excluding hydrogens is 204 g/mol. The molecule has 82 valence electrons. The van der Waals surface area contributed by atoms with Crippen molar-refractivity contribution in [3.05, 3.63) is 36.0 Å². The van der Waals surface area contributed by atoms with Gasteiger partial charge in [-0.2, -0.15) is 0 Å². The van der Waals surface area contributed by atoms with Gasteiger partial charge in [0.25, 0.3) is 5.91 Å². The van der Waals surface area contributed by atoms with E-state index >= 15 is 0 Å². The molecule has 1 aromatic heterocycles. The van der Waals surface area contributed by atoms with Crippen molar-refractivity contribution in [3.63, 3.8) is 0 Å². The number of hydrogen-bond acceptors (Lipinski definition) is 2. The van der Waals surface area contributed by atoms with Crippen LogP contribution in [0.15, 0.2) is 30.3 Å². The molecule has 4 nitrogen and oxygen atoms in total. The summed E-state index contributed by atoms with van der Waals surface area (Å²) in [5.41, 5.74) is 1.39. The van der Waals surface area contributed by atoms with Crippen molar-refractivity contribution in [2.75, 3.05) is 6.54 Å². The van der Waals surface area contributed by atoms with Gasteiger partial charge >= 0.3 is 0 Å². The Labute approximate surface area is 92.7 Å². The molecule has 0 fully saturated rings. The quantitative estimate of drug-likeness (QED) is 0.816. The summed E-state index contributed by atoms with van der Waals surface area (Å²) in [4.78, 5) is 25.3. The molecule has 2 aromatic rings. The normalized spacial score (nSPS) is 10.3. The minimum atomic E-state index is -0.258. The number of nitrogens with one attached hydrogen (secondary N) is 2. The van der Waals surface area contributed by atoms with Gasteiger partial charge in [-0.1, -0.05) is 18.2 Å². The van der Waals surface area contributed by atoms with Crippen LogP contribution in [0.4, 0.5) is 0 Å². The van der Waals surface area contributed by atoms with Crippen LogP contribution in [0.1, 0.15) is 17.4 Å². The lowest BCUT2D eigenvalue weighted by molar-refractivity contribution is -0.116. The van der Waals surface area contributed by atoms with Gasteiger partial charge in [0, 0.05) is 10.9 Å². The second kappa shape index (κ2) is 4.18. The second-order valence-corrected chi connectivity index (χ2v) is 3.65. The molecule has 0 radical (unpaired) electrons. The van der Waals surface area contributed by atoms with Gasteiger partial charge in [0.1, 0.15) is 11.5 Å². The summed E-state index contributed by atoms with van der Waals surface area (Å²) in [6, 6.07) is 9.40. The monoisotopic (exact) mass is 216 g/mol. The van der Waals surface area contributed by atoms with Gasteiger partial charge in [0.15, 0.2) is 0 Å². The molecule has 0 bridgehead atoms. The summed E-state index contributed by atoms with van der Waals surface area (Å²) >= 11 is 0. The lowest BCUT2D eigenvalue weighted by atomic mass is 10.2. The zero-order valence-electron chi connectivity index (χ0n) is 8.91. The summed E-state index contributed by atoms with van der Waals surface area (Å²) in [6.07, 6.45) is 0. The van der Waals surface area contributed by atoms with Gasteiger partial charge < -0.3 is 10.3 Å². The van der Waals surface area contributed by atoms with E-state index in [0.29, 0.717) is 5.69 Å². The van der Waals surface area contributed by atoms with Crippen LogP contribution in [0.2, 0.25) is 0 Å². The molecular formula is C12H12N2O2. The third-order valence-corrected chi connectivity index (χ3v) is 2.27. The minimum Gasteiger partial charge on any atom is -0.351 e. The highest BCUT2D eigenvalue weighted by Crippen LogP contribution is 2.14. The third kappa shape index (κ3) is 2.11. The fourth-order valence-corrected chi connectivity index (χ4v) is 1.50. The fraction of sp³-hybridized carbons (Fsp3) is 0.167. The Morgan fingerprint density at radius 2 is 2.06 bits per heavy atom. The Morgan fingerprint density at radius 1 is 1.31 bits per heavy atom. The topological polar surface area (TPSA) is 62.0 Å². The maximum Gasteiger partial charge on any atom is 0.268 e. The lowest BCUT2D eigenvalue weighted by Crippen LogP contribution is -2.28. The first-order valence-electron chi connectivity index (χ1n) is 5.02. The number of hydrogen-bond donors (Lipinski definition) is 2. The maximum absolute atomic E-state index is 11.6. The van der Waals surface area contributed by atoms with Gasteiger partial charge in [-0.15, -0.1) is 0 Å². The summed E-state index contributed by atoms with van der Waals surface area (Å²) in [5.74, 6) is -0.323. The van der Waals surface area contributed by atoms with E-state index in [2.05, 4.69) is 10.3 Å². The number of aromatic amines is 1. The Balaban J connectivity index is 2.20. The number of rotatable bonds is 3. The summed E-state index contributed by atoms with van der Waals surface area (Å²) in [6.45, 7) is 1.50. The number of carbonyl (C=O) groups excluding carboxylic acids is 2. The first-order valence-corrected chi connectivity index (χ1v) is 5.02. The molecule has 0 aliphatic heterocycles. The molecule has 0 atom stereocenters. The van der Waals surface area contributed by atoms with Crippen LogP contribution < -0.4 is 5.32 Å². The predicted octanol–water partition coefficient (Wildman–Crippen LogP) is 1.49. The molecule has 1 amide bonds. The van der Waals surface area contributed by atoms with Gasteiger partial charge in [0.05, 0.1) is 6.54 Å². The number of amides is 1. The molecule has 1 aromatic carbocycles. The number of ketones is 1. The highest BCUT2D eigenvalue weighted by Gasteiger charge is 2.08. The van der Waals surface area contributed by atoms with Crippen molar-refractivity contribution in [2.24, 2.45) is 0 Å². The second-order valence-electron chi connectivity index (χ2n) is 3.65. The van der Waals surface area contributed by atoms with Crippen molar-refractivity contribution in [1.82, 2.24) is 10.3 Å². The summed E-state index contributed by atoms with van der Waals surface area (Å²) < 4.78 is 0. The average Bonchev–Trinajstić information content (AvgIpc) is 2.69. The number of para-hydroxylation sites is 1. The Kier molecular flexibility index (Phi) is 2.72. The van der Waals surface area contributed by atoms with Crippen molar-refractivity contribution >= 4 is 22.6 Å². The highest BCUT2D eigenvalue weighted by molar-refractivity contribution is 5.99. The number of benzene rings is 1. The molecule has 2 rings (SSSR count). The Hall–Kier alpha value is -2.10. The van der Waals surface area contributed by atoms with Crippen LogP contribution in [0.3, 0.4) is 0 Å². The predicted molar refractivity (Wildman–Crippen MR) is 61.3 cm³/mol. The zero-order chi connectivity index (χ0) is 11.5. The van der Waals surface area contributed by atoms with Crippen LogP contribution in [0.25, 0.3) is 10.9 Å². The van der Waals surface area contributed by atoms with Crippen LogP contribution >= 0.6 is 0 Å². The van der Waals surface area contributed by atoms with E-state index in [4.69, 9.17) is 0 Å². The minimum absolute atomic E-state index is 0.0637. The molecule has 0 spiro atoms. The van der Waals surface area contributed by atoms with Crippen LogP contribution in [-0.4, -0.2) is 23.2 Å². The van der Waals surface area contributed by atoms with Crippen molar-refractivity contribution in [1.29, 1.82) is 0 Å². The molecule has 0 saturated carbocycles. The van der Waals surface area contributed by atoms with E-state index in [0.717, 1.165) is 10.9 Å². The molecule has 2 N–H and O–H groups in total. The van der Waals surface area contributed by atoms with Gasteiger partial charge in [-0.3, -0.25) is 9.59 Å². The average molecular weight is 216 g/mol. The van der Waals surface area contributed by atoms with Gasteiger partial charge in [-0.25, -0.2) is 0 Å². The number of aromatic nitrogens is 1. The van der Waals surface area contributed by atoms with Crippen LogP contribution in [0, 0.1) is 0 Å². The molecule has 1 heterocycles. The molecule has 0 unspecified atom stereocenters. The summed E-state index contributed by atoms with van der Waals surface area (Å²) in [5, 5.41) is 3.52. The lowest BCUT2D eigenvalue weighted by Gasteiger charge is -1.99. The van der Waals surface area contributed by atoms with Crippen molar-refractivity contribution in [3.8, 4) is 0 Å². The van der Waals surface area contributed by atoms with Gasteiger partial charge in [-0.05, 0) is 19.1 Å². The number of H-pyrrole nitrogens is 1. The summed E-state index contributed by atoms with van der Waals surface area (Å²) in [7, 11) is 0. The largest absolute Gasteiger partial charge is 0.351 e. The Morgan fingerprint density at radius 3 is 2.75 bits per heavy atom. The van der Waals surface area contributed by atoms with E-state index in [1.807, 2.05) is 24.3 Å². The van der Waals surface area contributed by atoms with Crippen molar-refractivity contribution in [2.45, 2.75) is 6.92 Å². The first kappa shape index (κ1) is 10.4. The number of Topliss-reactive ketones (excluding diaryl/α,β-unsaturated/α-hetero) is 1. The van der Waals surface area contributed by atoms with Gasteiger partial charge in [0.2, 0.25) is 0 Å². The molecule has 4 heteroatoms. The third-order valence-electron chi connectivity index (χ3n) is 2.27. The van der Waals surface area contributed by atoms with E-state index in [1.165, 1.54) is 6.92 Å². The number of fused-ring (bicyclic) bond motifs is 1. The molecule has 0 saturated heterocycles. The molecule has 0 aliphatic carbocycles. The van der Waals surface area contributed by atoms with E-state index in [-0.39, 0.29) is 18.2 Å². The SMILES string of the molecule is CC(=O)CNC(=O)c1cc2ccccc2[nH]1. The highest BCUT2D eigenvalue weighted by atomic mass is 16.2. The molecule has 0 aliphatic rings. The zero-order valence-corrected chi connectivity index (χ0v) is 8.91. The molecule has 16 heavy (non-hydrogen) atoms. The van der Waals surface area contributed by atoms with E-state index in [9.17, 15) is 9.59 Å². The maximum atomic E-state index is 11.6. The number of carbonyl (C=O) groups is 2. The van der Waals surface area contributed by atoms with E-state index < -0.39 is 0 Å². The fourth-order valence-electron chi connectivity index (χ4n) is 1.50. The smallest absolute Gasteiger partial charge is 0.268 e. The van der Waals surface area contributed by atoms with E-state index in [1.54, 1.807) is 6.07 Å². The van der Waals surface area contributed by atoms with Crippen LogP contribution in [0.5, 0.6) is 0 Å². The van der Waals surface area contributed by atoms with Crippen LogP contribution in [-0.2, 0) is 4.79 Å². The standard InChI is InChI=1S/C12H12N2O2/c1-8(15)7-13-12(16)11-6-9-4-2-3-5-10(9)14-11/h2-6,14H,7H2,1H3,(H,13,16). The van der Waals surface area contributed by atoms with Crippen molar-refractivity contribution < 1.29 is 9.59 Å². The Bertz CT molecular complexity index is 510.